The lowest BCUT2D eigenvalue weighted by Gasteiger charge is -2.43. The fourth-order valence-electron chi connectivity index (χ4n) is 2.50. The van der Waals surface area contributed by atoms with Gasteiger partial charge in [-0.05, 0) is 6.42 Å². The van der Waals surface area contributed by atoms with Crippen LogP contribution >= 0.6 is 0 Å². The SMILES string of the molecule is O=C1C=CC(=O)N1C(F)(F)C(F)(F)C(F)(F)C(F)(F)C(F)(F)C(F)(F)C(F)(F)CCCC(F)(F)F. The molecule has 1 aliphatic heterocycles. The summed E-state index contributed by atoms with van der Waals surface area (Å²) in [7, 11) is 0. The number of hydrogen-bond donors (Lipinski definition) is 0. The topological polar surface area (TPSA) is 37.4 Å². The van der Waals surface area contributed by atoms with E-state index in [9.17, 15) is 84.2 Å². The van der Waals surface area contributed by atoms with Gasteiger partial charge in [-0.25, -0.2) is 4.90 Å². The van der Waals surface area contributed by atoms with Gasteiger partial charge in [-0.15, -0.1) is 0 Å². The molecular weight excluding hydrogens is 549 g/mol. The van der Waals surface area contributed by atoms with E-state index >= 15 is 0 Å². The Balaban J connectivity index is 3.49. The van der Waals surface area contributed by atoms with Crippen LogP contribution in [0.1, 0.15) is 19.3 Å². The molecule has 0 radical (unpaired) electrons. The monoisotopic (exact) mass is 557 g/mol. The van der Waals surface area contributed by atoms with E-state index in [1.54, 1.807) is 0 Å². The van der Waals surface area contributed by atoms with Crippen LogP contribution in [0.3, 0.4) is 0 Å². The second-order valence-corrected chi connectivity index (χ2v) is 6.93. The molecule has 0 fully saturated rings. The maximum Gasteiger partial charge on any atom is 0.404 e. The van der Waals surface area contributed by atoms with Crippen LogP contribution < -0.4 is 0 Å². The smallest absolute Gasteiger partial charge is 0.269 e. The molecule has 0 aromatic carbocycles. The molecule has 35 heavy (non-hydrogen) atoms. The molecule has 0 spiro atoms. The van der Waals surface area contributed by atoms with Gasteiger partial charge in [0, 0.05) is 25.0 Å². The minimum atomic E-state index is -8.48. The zero-order valence-electron chi connectivity index (χ0n) is 16.0. The number of carbonyl (C=O) groups excluding carboxylic acids is 2. The van der Waals surface area contributed by atoms with E-state index in [1.165, 1.54) is 0 Å². The first-order chi connectivity index (χ1) is 15.1. The molecular formula is C15H8F17NO2. The summed E-state index contributed by atoms with van der Waals surface area (Å²) in [5, 5.41) is 0. The van der Waals surface area contributed by atoms with Crippen LogP contribution in [-0.2, 0) is 9.59 Å². The van der Waals surface area contributed by atoms with Crippen molar-refractivity contribution in [3.05, 3.63) is 12.2 Å². The summed E-state index contributed by atoms with van der Waals surface area (Å²) >= 11 is 0. The third-order valence-electron chi connectivity index (χ3n) is 4.46. The van der Waals surface area contributed by atoms with Crippen molar-refractivity contribution in [2.75, 3.05) is 0 Å². The van der Waals surface area contributed by atoms with Gasteiger partial charge in [0.2, 0.25) is 0 Å². The number of imide groups is 1. The average Bonchev–Trinajstić information content (AvgIpc) is 2.98. The van der Waals surface area contributed by atoms with Gasteiger partial charge in [0.15, 0.2) is 0 Å². The van der Waals surface area contributed by atoms with E-state index in [1.807, 2.05) is 0 Å². The molecule has 0 unspecified atom stereocenters. The zero-order valence-corrected chi connectivity index (χ0v) is 16.0. The second kappa shape index (κ2) is 8.38. The molecule has 204 valence electrons. The molecule has 0 atom stereocenters. The van der Waals surface area contributed by atoms with Crippen LogP contribution in [0.4, 0.5) is 74.6 Å². The molecule has 1 heterocycles. The van der Waals surface area contributed by atoms with Gasteiger partial charge in [-0.1, -0.05) is 0 Å². The lowest BCUT2D eigenvalue weighted by atomic mass is 9.89. The van der Waals surface area contributed by atoms with E-state index in [2.05, 4.69) is 0 Å². The molecule has 0 aliphatic carbocycles. The summed E-state index contributed by atoms with van der Waals surface area (Å²) in [6, 6.07) is -7.11. The Morgan fingerprint density at radius 3 is 1.23 bits per heavy atom. The molecule has 0 N–H and O–H groups in total. The van der Waals surface area contributed by atoms with Crippen molar-refractivity contribution in [3.63, 3.8) is 0 Å². The number of amides is 2. The summed E-state index contributed by atoms with van der Waals surface area (Å²) in [6.07, 6.45) is -13.5. The first-order valence-corrected chi connectivity index (χ1v) is 8.41. The van der Waals surface area contributed by atoms with Gasteiger partial charge in [-0.2, -0.15) is 74.6 Å². The molecule has 0 saturated heterocycles. The second-order valence-electron chi connectivity index (χ2n) is 6.93. The van der Waals surface area contributed by atoms with Crippen LogP contribution in [0.25, 0.3) is 0 Å². The Morgan fingerprint density at radius 2 is 0.857 bits per heavy atom. The van der Waals surface area contributed by atoms with Gasteiger partial charge < -0.3 is 0 Å². The van der Waals surface area contributed by atoms with Crippen molar-refractivity contribution in [1.82, 2.24) is 4.90 Å². The Kier molecular flexibility index (Phi) is 7.35. The maximum absolute atomic E-state index is 13.8. The number of rotatable bonds is 10. The van der Waals surface area contributed by atoms with Crippen molar-refractivity contribution >= 4 is 11.8 Å². The van der Waals surface area contributed by atoms with E-state index in [4.69, 9.17) is 0 Å². The van der Waals surface area contributed by atoms with Crippen molar-refractivity contribution in [1.29, 1.82) is 0 Å². The number of halogens is 17. The number of nitrogens with zero attached hydrogens (tertiary/aromatic N) is 1. The Morgan fingerprint density at radius 1 is 0.514 bits per heavy atom. The molecule has 0 aromatic heterocycles. The highest BCUT2D eigenvalue weighted by atomic mass is 19.4. The molecule has 1 rings (SSSR count). The lowest BCUT2D eigenvalue weighted by molar-refractivity contribution is -0.448. The largest absolute Gasteiger partial charge is 0.404 e. The van der Waals surface area contributed by atoms with Gasteiger partial charge >= 0.3 is 47.8 Å². The summed E-state index contributed by atoms with van der Waals surface area (Å²) in [5.74, 6) is -52.8. The quantitative estimate of drug-likeness (QED) is 0.187. The van der Waals surface area contributed by atoms with E-state index in [0.29, 0.717) is 0 Å². The van der Waals surface area contributed by atoms with Crippen LogP contribution in [0.5, 0.6) is 0 Å². The average molecular weight is 557 g/mol. The Hall–Kier alpha value is -2.31. The fraction of sp³-hybridized carbons (Fsp3) is 0.733. The van der Waals surface area contributed by atoms with Gasteiger partial charge in [-0.3, -0.25) is 9.59 Å². The number of hydrogen-bond acceptors (Lipinski definition) is 2. The summed E-state index contributed by atoms with van der Waals surface area (Å²) in [4.78, 5) is 20.0. The maximum atomic E-state index is 13.8. The normalized spacial score (nSPS) is 17.6. The molecule has 1 aliphatic rings. The Labute approximate surface area is 181 Å². The molecule has 3 nitrogen and oxygen atoms in total. The van der Waals surface area contributed by atoms with E-state index in [-0.39, 0.29) is 12.2 Å². The highest BCUT2D eigenvalue weighted by Crippen LogP contribution is 2.63. The molecule has 0 bridgehead atoms. The van der Waals surface area contributed by atoms with Gasteiger partial charge in [0.05, 0.1) is 0 Å². The van der Waals surface area contributed by atoms with Gasteiger partial charge in [0.1, 0.15) is 0 Å². The van der Waals surface area contributed by atoms with Crippen LogP contribution in [0.15, 0.2) is 12.2 Å². The zero-order chi connectivity index (χ0) is 28.3. The molecule has 2 amide bonds. The van der Waals surface area contributed by atoms with Crippen LogP contribution in [0, 0.1) is 0 Å². The summed E-state index contributed by atoms with van der Waals surface area (Å²) < 4.78 is 227. The van der Waals surface area contributed by atoms with Crippen LogP contribution in [-0.4, -0.2) is 64.5 Å². The molecule has 0 aromatic rings. The molecule has 0 saturated carbocycles. The van der Waals surface area contributed by atoms with Crippen molar-refractivity contribution in [3.8, 4) is 0 Å². The third kappa shape index (κ3) is 4.51. The standard InChI is InChI=1S/C15H8F17NO2/c16-8(17,4-1-5-9(18,19)20)10(21,22)11(23,24)12(25,26)13(27,28)14(29,30)15(31,32)33-6(34)2-3-7(33)35/h2-3H,1,4-5H2. The number of alkyl halides is 17. The lowest BCUT2D eigenvalue weighted by Crippen LogP contribution is -2.75. The molecule has 20 heteroatoms. The first-order valence-electron chi connectivity index (χ1n) is 8.41. The Bertz CT molecular complexity index is 855. The highest BCUT2D eigenvalue weighted by molar-refractivity contribution is 6.13. The summed E-state index contributed by atoms with van der Waals surface area (Å²) in [5.41, 5.74) is 0. The number of carbonyl (C=O) groups is 2. The highest BCUT2D eigenvalue weighted by Gasteiger charge is 2.93. The fourth-order valence-corrected chi connectivity index (χ4v) is 2.50. The minimum Gasteiger partial charge on any atom is -0.269 e. The van der Waals surface area contributed by atoms with Crippen molar-refractivity contribution in [2.45, 2.75) is 67.0 Å². The first kappa shape index (κ1) is 30.7. The van der Waals surface area contributed by atoms with E-state index in [0.717, 1.165) is 0 Å². The predicted octanol–water partition coefficient (Wildman–Crippen LogP) is 6.05. The van der Waals surface area contributed by atoms with Crippen LogP contribution in [0.2, 0.25) is 0 Å². The van der Waals surface area contributed by atoms with Crippen molar-refractivity contribution < 1.29 is 84.2 Å². The van der Waals surface area contributed by atoms with E-state index < -0.39 is 83.7 Å². The minimum absolute atomic E-state index is 0.285. The third-order valence-corrected chi connectivity index (χ3v) is 4.46. The summed E-state index contributed by atoms with van der Waals surface area (Å²) in [6.45, 7) is 0. The predicted molar refractivity (Wildman–Crippen MR) is 75.5 cm³/mol. The van der Waals surface area contributed by atoms with Crippen molar-refractivity contribution in [2.24, 2.45) is 0 Å². The van der Waals surface area contributed by atoms with Gasteiger partial charge in [0.25, 0.3) is 11.8 Å².